The van der Waals surface area contributed by atoms with Crippen molar-refractivity contribution in [1.82, 2.24) is 10.3 Å². The minimum atomic E-state index is -0.0743. The van der Waals surface area contributed by atoms with Gasteiger partial charge in [0.15, 0.2) is 0 Å². The number of nitrogens with one attached hydrogen (secondary N) is 1. The third-order valence-corrected chi connectivity index (χ3v) is 2.88. The van der Waals surface area contributed by atoms with Crippen molar-refractivity contribution >= 4 is 5.91 Å². The summed E-state index contributed by atoms with van der Waals surface area (Å²) in [6.07, 6.45) is 1.21. The number of rotatable bonds is 3. The van der Waals surface area contributed by atoms with Gasteiger partial charge in [-0.1, -0.05) is 20.8 Å². The Morgan fingerprint density at radius 1 is 1.64 bits per heavy atom. The fourth-order valence-corrected chi connectivity index (χ4v) is 1.99. The van der Waals surface area contributed by atoms with E-state index in [2.05, 4.69) is 24.2 Å². The molecule has 1 amide bonds. The van der Waals surface area contributed by atoms with E-state index < -0.39 is 0 Å². The van der Waals surface area contributed by atoms with E-state index in [4.69, 9.17) is 5.84 Å². The number of likely N-dealkylation sites (tertiary alicyclic amines) is 1. The first-order valence-corrected chi connectivity index (χ1v) is 5.17. The molecule has 0 aromatic heterocycles. The maximum Gasteiger partial charge on any atom is 0.237 e. The van der Waals surface area contributed by atoms with Gasteiger partial charge in [-0.3, -0.25) is 10.2 Å². The monoisotopic (exact) mass is 199 g/mol. The summed E-state index contributed by atoms with van der Waals surface area (Å²) in [6, 6.07) is 0. The molecule has 1 atom stereocenters. The zero-order valence-corrected chi connectivity index (χ0v) is 9.34. The van der Waals surface area contributed by atoms with E-state index >= 15 is 0 Å². The topological polar surface area (TPSA) is 58.4 Å². The number of hydrogen-bond acceptors (Lipinski definition) is 3. The maximum atomic E-state index is 11.2. The third kappa shape index (κ3) is 2.96. The van der Waals surface area contributed by atoms with E-state index in [0.29, 0.717) is 5.41 Å². The number of hydrazine groups is 1. The molecule has 0 radical (unpaired) electrons. The quantitative estimate of drug-likeness (QED) is 0.391. The van der Waals surface area contributed by atoms with Crippen molar-refractivity contribution in [2.75, 3.05) is 19.6 Å². The summed E-state index contributed by atoms with van der Waals surface area (Å²) < 4.78 is 0. The van der Waals surface area contributed by atoms with Crippen LogP contribution in [-0.2, 0) is 4.79 Å². The molecule has 1 heterocycles. The predicted octanol–water partition coefficient (Wildman–Crippen LogP) is 0.344. The largest absolute Gasteiger partial charge is 0.302 e. The second-order valence-corrected chi connectivity index (χ2v) is 5.06. The van der Waals surface area contributed by atoms with Gasteiger partial charge in [-0.25, -0.2) is 5.84 Å². The summed E-state index contributed by atoms with van der Waals surface area (Å²) in [5.74, 6) is 4.99. The van der Waals surface area contributed by atoms with Crippen molar-refractivity contribution in [1.29, 1.82) is 0 Å². The van der Waals surface area contributed by atoms with Crippen molar-refractivity contribution in [3.63, 3.8) is 0 Å². The third-order valence-electron chi connectivity index (χ3n) is 2.88. The number of carbonyl (C=O) groups is 1. The Kier molecular flexibility index (Phi) is 3.50. The molecule has 1 fully saturated rings. The molecule has 14 heavy (non-hydrogen) atoms. The Bertz CT molecular complexity index is 215. The first-order chi connectivity index (χ1) is 6.44. The Hall–Kier alpha value is -0.610. The lowest BCUT2D eigenvalue weighted by molar-refractivity contribution is -0.125. The molecular weight excluding hydrogens is 178 g/mol. The predicted molar refractivity (Wildman–Crippen MR) is 56.3 cm³/mol. The number of nitrogens with two attached hydrogens (primary N) is 1. The van der Waals surface area contributed by atoms with Crippen molar-refractivity contribution in [2.45, 2.75) is 27.2 Å². The van der Waals surface area contributed by atoms with Crippen LogP contribution in [0.25, 0.3) is 0 Å². The first-order valence-electron chi connectivity index (χ1n) is 5.17. The molecule has 0 aliphatic carbocycles. The first kappa shape index (κ1) is 11.5. The van der Waals surface area contributed by atoms with Crippen LogP contribution in [0.5, 0.6) is 0 Å². The van der Waals surface area contributed by atoms with E-state index in [9.17, 15) is 4.79 Å². The van der Waals surface area contributed by atoms with Gasteiger partial charge in [-0.05, 0) is 18.4 Å². The highest BCUT2D eigenvalue weighted by atomic mass is 16.2. The summed E-state index contributed by atoms with van der Waals surface area (Å²) in [4.78, 5) is 13.5. The van der Waals surface area contributed by atoms with E-state index in [-0.39, 0.29) is 11.8 Å². The lowest BCUT2D eigenvalue weighted by atomic mass is 9.93. The Morgan fingerprint density at radius 3 is 2.71 bits per heavy atom. The van der Waals surface area contributed by atoms with Crippen molar-refractivity contribution < 1.29 is 4.79 Å². The second-order valence-electron chi connectivity index (χ2n) is 5.06. The van der Waals surface area contributed by atoms with Gasteiger partial charge in [0.25, 0.3) is 0 Å². The zero-order valence-electron chi connectivity index (χ0n) is 9.34. The second kappa shape index (κ2) is 4.28. The molecule has 4 nitrogen and oxygen atoms in total. The average Bonchev–Trinajstić information content (AvgIpc) is 2.44. The van der Waals surface area contributed by atoms with E-state index in [1.54, 1.807) is 0 Å². The summed E-state index contributed by atoms with van der Waals surface area (Å²) in [7, 11) is 0. The van der Waals surface area contributed by atoms with Crippen LogP contribution in [-0.4, -0.2) is 30.4 Å². The van der Waals surface area contributed by atoms with Gasteiger partial charge in [0, 0.05) is 19.0 Å². The number of hydrogen-bond donors (Lipinski definition) is 2. The Morgan fingerprint density at radius 2 is 2.29 bits per heavy atom. The molecule has 1 unspecified atom stereocenters. The molecule has 1 aliphatic rings. The number of nitrogens with zero attached hydrogens (tertiary/aromatic N) is 1. The lowest BCUT2D eigenvalue weighted by Crippen LogP contribution is -2.40. The molecule has 3 N–H and O–H groups in total. The number of carbonyl (C=O) groups excluding carboxylic acids is 1. The molecule has 0 bridgehead atoms. The average molecular weight is 199 g/mol. The van der Waals surface area contributed by atoms with Crippen LogP contribution in [0.3, 0.4) is 0 Å². The van der Waals surface area contributed by atoms with Gasteiger partial charge in [-0.15, -0.1) is 0 Å². The smallest absolute Gasteiger partial charge is 0.237 e. The molecule has 1 aliphatic heterocycles. The van der Waals surface area contributed by atoms with Crippen LogP contribution in [0.1, 0.15) is 27.2 Å². The Balaban J connectivity index is 2.36. The van der Waals surface area contributed by atoms with E-state index in [1.807, 2.05) is 6.92 Å². The molecule has 0 saturated carbocycles. The van der Waals surface area contributed by atoms with Gasteiger partial charge >= 0.3 is 0 Å². The summed E-state index contributed by atoms with van der Waals surface area (Å²) in [5, 5.41) is 0. The highest BCUT2D eigenvalue weighted by Crippen LogP contribution is 2.28. The molecule has 82 valence electrons. The van der Waals surface area contributed by atoms with Gasteiger partial charge in [-0.2, -0.15) is 0 Å². The number of amides is 1. The van der Waals surface area contributed by atoms with Gasteiger partial charge < -0.3 is 4.90 Å². The van der Waals surface area contributed by atoms with Gasteiger partial charge in [0.05, 0.1) is 0 Å². The maximum absolute atomic E-state index is 11.2. The molecule has 0 aromatic carbocycles. The minimum Gasteiger partial charge on any atom is -0.302 e. The van der Waals surface area contributed by atoms with E-state index in [1.165, 1.54) is 6.42 Å². The van der Waals surface area contributed by atoms with Crippen molar-refractivity contribution in [3.05, 3.63) is 0 Å². The molecule has 1 saturated heterocycles. The van der Waals surface area contributed by atoms with Crippen LogP contribution in [0.2, 0.25) is 0 Å². The zero-order chi connectivity index (χ0) is 10.8. The SMILES string of the molecule is CC(CN1CCC(C)(C)C1)C(=O)NN. The van der Waals surface area contributed by atoms with Crippen LogP contribution >= 0.6 is 0 Å². The van der Waals surface area contributed by atoms with Crippen LogP contribution in [0, 0.1) is 11.3 Å². The van der Waals surface area contributed by atoms with E-state index in [0.717, 1.165) is 19.6 Å². The van der Waals surface area contributed by atoms with Crippen molar-refractivity contribution in [2.24, 2.45) is 17.2 Å². The van der Waals surface area contributed by atoms with Crippen LogP contribution < -0.4 is 11.3 Å². The van der Waals surface area contributed by atoms with Crippen LogP contribution in [0.15, 0.2) is 0 Å². The summed E-state index contributed by atoms with van der Waals surface area (Å²) >= 11 is 0. The molecule has 0 spiro atoms. The van der Waals surface area contributed by atoms with Gasteiger partial charge in [0.1, 0.15) is 0 Å². The van der Waals surface area contributed by atoms with Crippen LogP contribution in [0.4, 0.5) is 0 Å². The minimum absolute atomic E-state index is 0.0195. The molecular formula is C10H21N3O. The highest BCUT2D eigenvalue weighted by Gasteiger charge is 2.30. The molecule has 4 heteroatoms. The Labute approximate surface area is 85.8 Å². The van der Waals surface area contributed by atoms with Crippen molar-refractivity contribution in [3.8, 4) is 0 Å². The summed E-state index contributed by atoms with van der Waals surface area (Å²) in [5.41, 5.74) is 2.60. The normalized spacial score (nSPS) is 23.4. The molecule has 0 aromatic rings. The lowest BCUT2D eigenvalue weighted by Gasteiger charge is -2.22. The fraction of sp³-hybridized carbons (Fsp3) is 0.900. The summed E-state index contributed by atoms with van der Waals surface area (Å²) in [6.45, 7) is 9.42. The highest BCUT2D eigenvalue weighted by molar-refractivity contribution is 5.77. The fourth-order valence-electron chi connectivity index (χ4n) is 1.99. The molecule has 1 rings (SSSR count). The standard InChI is InChI=1S/C10H21N3O/c1-8(9(14)12-11)6-13-5-4-10(2,3)7-13/h8H,4-7,11H2,1-3H3,(H,12,14). The van der Waals surface area contributed by atoms with Gasteiger partial charge in [0.2, 0.25) is 5.91 Å².